The zero-order valence-electron chi connectivity index (χ0n) is 16.7. The normalized spacial score (nSPS) is 16.2. The lowest BCUT2D eigenvalue weighted by molar-refractivity contribution is -0.120. The van der Waals surface area contributed by atoms with Gasteiger partial charge >= 0.3 is 0 Å². The maximum Gasteiger partial charge on any atom is 0.265 e. The summed E-state index contributed by atoms with van der Waals surface area (Å²) in [7, 11) is -3.55. The van der Waals surface area contributed by atoms with Crippen LogP contribution in [0.2, 0.25) is 0 Å². The van der Waals surface area contributed by atoms with Crippen LogP contribution in [0.4, 0.5) is 5.69 Å². The summed E-state index contributed by atoms with van der Waals surface area (Å²) in [5.74, 6) is 0.538. The lowest BCUT2D eigenvalue weighted by atomic mass is 10.1. The molecule has 0 spiro atoms. The van der Waals surface area contributed by atoms with Crippen molar-refractivity contribution < 1.29 is 17.9 Å². The van der Waals surface area contributed by atoms with Crippen LogP contribution >= 0.6 is 15.9 Å². The number of hydrogen-bond donors (Lipinski definition) is 1. The van der Waals surface area contributed by atoms with E-state index >= 15 is 0 Å². The van der Waals surface area contributed by atoms with E-state index in [-0.39, 0.29) is 29.4 Å². The fraction of sp³-hybridized carbons (Fsp3) is 0.381. The number of anilines is 1. The Morgan fingerprint density at radius 1 is 1.24 bits per heavy atom. The largest absolute Gasteiger partial charge is 0.484 e. The van der Waals surface area contributed by atoms with Gasteiger partial charge in [-0.05, 0) is 67.3 Å². The minimum absolute atomic E-state index is 0.0648. The van der Waals surface area contributed by atoms with Crippen molar-refractivity contribution in [1.82, 2.24) is 4.72 Å². The molecular formula is C21H25BrN2O4S. The molecule has 1 aliphatic rings. The Morgan fingerprint density at radius 2 is 1.93 bits per heavy atom. The third kappa shape index (κ3) is 5.18. The Balaban J connectivity index is 1.63. The van der Waals surface area contributed by atoms with Crippen molar-refractivity contribution in [2.45, 2.75) is 38.1 Å². The Labute approximate surface area is 180 Å². The second-order valence-electron chi connectivity index (χ2n) is 7.60. The van der Waals surface area contributed by atoms with Gasteiger partial charge in [-0.3, -0.25) is 4.79 Å². The molecular weight excluding hydrogens is 456 g/mol. The number of benzene rings is 2. The van der Waals surface area contributed by atoms with Crippen molar-refractivity contribution in [3.63, 3.8) is 0 Å². The predicted octanol–water partition coefficient (Wildman–Crippen LogP) is 3.74. The summed E-state index contributed by atoms with van der Waals surface area (Å²) >= 11 is 3.46. The quantitative estimate of drug-likeness (QED) is 0.654. The number of rotatable bonds is 7. The van der Waals surface area contributed by atoms with Gasteiger partial charge in [0.15, 0.2) is 6.61 Å². The topological polar surface area (TPSA) is 75.7 Å². The molecule has 1 aliphatic heterocycles. The maximum atomic E-state index is 12.7. The SMILES string of the molecule is CC(C)CNS(=O)(=O)c1ccc(OCC(=O)N2c3ccc(Br)cc3C[C@H]2C)cc1. The van der Waals surface area contributed by atoms with Crippen LogP contribution in [0.1, 0.15) is 26.3 Å². The Hall–Kier alpha value is -1.90. The highest BCUT2D eigenvalue weighted by Gasteiger charge is 2.31. The average Bonchev–Trinajstić information content (AvgIpc) is 2.99. The highest BCUT2D eigenvalue weighted by atomic mass is 79.9. The van der Waals surface area contributed by atoms with Crippen LogP contribution in [0.5, 0.6) is 5.75 Å². The van der Waals surface area contributed by atoms with Gasteiger partial charge in [0.1, 0.15) is 5.75 Å². The third-order valence-electron chi connectivity index (χ3n) is 4.70. The van der Waals surface area contributed by atoms with Crippen LogP contribution in [0.15, 0.2) is 51.8 Å². The predicted molar refractivity (Wildman–Crippen MR) is 117 cm³/mol. The molecule has 0 aliphatic carbocycles. The van der Waals surface area contributed by atoms with Crippen LogP contribution in [0.25, 0.3) is 0 Å². The fourth-order valence-corrected chi connectivity index (χ4v) is 4.89. The van der Waals surface area contributed by atoms with Gasteiger partial charge in [-0.25, -0.2) is 13.1 Å². The smallest absolute Gasteiger partial charge is 0.265 e. The number of halogens is 1. The number of fused-ring (bicyclic) bond motifs is 1. The minimum Gasteiger partial charge on any atom is -0.484 e. The van der Waals surface area contributed by atoms with Crippen LogP contribution < -0.4 is 14.4 Å². The number of nitrogens with one attached hydrogen (secondary N) is 1. The van der Waals surface area contributed by atoms with E-state index in [0.29, 0.717) is 12.3 Å². The van der Waals surface area contributed by atoms with Gasteiger partial charge in [0.05, 0.1) is 4.90 Å². The number of ether oxygens (including phenoxy) is 1. The fourth-order valence-electron chi connectivity index (χ4n) is 3.27. The van der Waals surface area contributed by atoms with Crippen LogP contribution in [0.3, 0.4) is 0 Å². The number of nitrogens with zero attached hydrogens (tertiary/aromatic N) is 1. The van der Waals surface area contributed by atoms with Gasteiger partial charge in [0, 0.05) is 22.7 Å². The van der Waals surface area contributed by atoms with E-state index in [1.54, 1.807) is 17.0 Å². The van der Waals surface area contributed by atoms with Crippen LogP contribution in [-0.4, -0.2) is 33.5 Å². The summed E-state index contributed by atoms with van der Waals surface area (Å²) in [6.45, 7) is 6.15. The van der Waals surface area contributed by atoms with Crippen molar-refractivity contribution in [3.05, 3.63) is 52.5 Å². The van der Waals surface area contributed by atoms with E-state index in [4.69, 9.17) is 4.74 Å². The van der Waals surface area contributed by atoms with Crippen molar-refractivity contribution in [2.75, 3.05) is 18.1 Å². The van der Waals surface area contributed by atoms with Crippen molar-refractivity contribution in [1.29, 1.82) is 0 Å². The first-order chi connectivity index (χ1) is 13.7. The van der Waals surface area contributed by atoms with Gasteiger partial charge in [-0.2, -0.15) is 0 Å². The van der Waals surface area contributed by atoms with Crippen LogP contribution in [0, 0.1) is 5.92 Å². The van der Waals surface area contributed by atoms with E-state index in [1.165, 1.54) is 12.1 Å². The molecule has 2 aromatic rings. The van der Waals surface area contributed by atoms with E-state index < -0.39 is 10.0 Å². The average molecular weight is 481 g/mol. The van der Waals surface area contributed by atoms with Crippen molar-refractivity contribution in [3.8, 4) is 5.75 Å². The van der Waals surface area contributed by atoms with E-state index in [0.717, 1.165) is 22.1 Å². The standard InChI is InChI=1S/C21H25BrN2O4S/c1-14(2)12-23-29(26,27)19-7-5-18(6-8-19)28-13-21(25)24-15(3)10-16-11-17(22)4-9-20(16)24/h4-9,11,14-15,23H,10,12-13H2,1-3H3/t15-/m1/s1. The molecule has 1 atom stereocenters. The zero-order valence-corrected chi connectivity index (χ0v) is 19.1. The molecule has 3 rings (SSSR count). The van der Waals surface area contributed by atoms with Gasteiger partial charge in [0.2, 0.25) is 10.0 Å². The number of sulfonamides is 1. The number of carbonyl (C=O) groups is 1. The van der Waals surface area contributed by atoms with E-state index in [1.807, 2.05) is 39.0 Å². The molecule has 0 saturated heterocycles. The molecule has 1 heterocycles. The maximum absolute atomic E-state index is 12.7. The molecule has 0 unspecified atom stereocenters. The van der Waals surface area contributed by atoms with Crippen molar-refractivity contribution >= 4 is 37.5 Å². The van der Waals surface area contributed by atoms with Gasteiger partial charge in [0.25, 0.3) is 5.91 Å². The molecule has 0 radical (unpaired) electrons. The lowest BCUT2D eigenvalue weighted by Gasteiger charge is -2.22. The minimum atomic E-state index is -3.55. The molecule has 0 saturated carbocycles. The Bertz CT molecular complexity index is 990. The molecule has 1 amide bonds. The Kier molecular flexibility index (Phi) is 6.65. The highest BCUT2D eigenvalue weighted by molar-refractivity contribution is 9.10. The molecule has 0 aromatic heterocycles. The van der Waals surface area contributed by atoms with Crippen LogP contribution in [-0.2, 0) is 21.2 Å². The molecule has 2 aromatic carbocycles. The number of hydrogen-bond acceptors (Lipinski definition) is 4. The second-order valence-corrected chi connectivity index (χ2v) is 10.3. The van der Waals surface area contributed by atoms with Gasteiger partial charge in [-0.15, -0.1) is 0 Å². The van der Waals surface area contributed by atoms with E-state index in [2.05, 4.69) is 20.7 Å². The molecule has 1 N–H and O–H groups in total. The molecule has 8 heteroatoms. The zero-order chi connectivity index (χ0) is 21.2. The second kappa shape index (κ2) is 8.85. The summed E-state index contributed by atoms with van der Waals surface area (Å²) in [5, 5.41) is 0. The van der Waals surface area contributed by atoms with Crippen molar-refractivity contribution in [2.24, 2.45) is 5.92 Å². The summed E-state index contributed by atoms with van der Waals surface area (Å²) in [6, 6.07) is 12.0. The molecule has 29 heavy (non-hydrogen) atoms. The van der Waals surface area contributed by atoms with Gasteiger partial charge in [-0.1, -0.05) is 29.8 Å². The number of amides is 1. The van der Waals surface area contributed by atoms with E-state index in [9.17, 15) is 13.2 Å². The first-order valence-corrected chi connectivity index (χ1v) is 11.8. The first-order valence-electron chi connectivity index (χ1n) is 9.50. The number of carbonyl (C=O) groups excluding carboxylic acids is 1. The monoisotopic (exact) mass is 480 g/mol. The lowest BCUT2D eigenvalue weighted by Crippen LogP contribution is -2.39. The summed E-state index contributed by atoms with van der Waals surface area (Å²) in [4.78, 5) is 14.7. The molecule has 156 valence electrons. The Morgan fingerprint density at radius 3 is 2.59 bits per heavy atom. The van der Waals surface area contributed by atoms with Gasteiger partial charge < -0.3 is 9.64 Å². The first kappa shape index (κ1) is 21.8. The molecule has 0 bridgehead atoms. The third-order valence-corrected chi connectivity index (χ3v) is 6.64. The summed E-state index contributed by atoms with van der Waals surface area (Å²) in [5.41, 5.74) is 2.04. The summed E-state index contributed by atoms with van der Waals surface area (Å²) in [6.07, 6.45) is 0.802. The molecule has 0 fully saturated rings. The summed E-state index contributed by atoms with van der Waals surface area (Å²) < 4.78 is 33.7. The highest BCUT2D eigenvalue weighted by Crippen LogP contribution is 2.34. The molecule has 6 nitrogen and oxygen atoms in total.